The molecule has 0 aliphatic carbocycles. The number of hydrogen-bond donors (Lipinski definition) is 0. The van der Waals surface area contributed by atoms with Gasteiger partial charge in [-0.05, 0) is 36.7 Å². The monoisotopic (exact) mass is 266 g/mol. The quantitative estimate of drug-likeness (QED) is 0.551. The van der Waals surface area contributed by atoms with E-state index < -0.39 is 0 Å². The van der Waals surface area contributed by atoms with Crippen LogP contribution in [0.4, 0.5) is 0 Å². The van der Waals surface area contributed by atoms with E-state index in [0.717, 1.165) is 5.57 Å². The van der Waals surface area contributed by atoms with E-state index in [1.807, 2.05) is 34.6 Å². The number of carbonyl (C=O) groups is 2. The predicted molar refractivity (Wildman–Crippen MR) is 81.1 cm³/mol. The number of ketones is 2. The molecule has 0 aromatic rings. The van der Waals surface area contributed by atoms with Crippen LogP contribution >= 0.6 is 0 Å². The maximum Gasteiger partial charge on any atom is 0.224 e. The summed E-state index contributed by atoms with van der Waals surface area (Å²) in [6.45, 7) is 17.9. The normalized spacial score (nSPS) is 15.8. The van der Waals surface area contributed by atoms with E-state index in [0.29, 0.717) is 12.0 Å². The van der Waals surface area contributed by atoms with Gasteiger partial charge in [-0.3, -0.25) is 9.59 Å². The molecule has 0 aromatic carbocycles. The second-order valence-corrected chi connectivity index (χ2v) is 7.52. The Morgan fingerprint density at radius 3 is 1.63 bits per heavy atom. The van der Waals surface area contributed by atoms with E-state index >= 15 is 0 Å². The van der Waals surface area contributed by atoms with Gasteiger partial charge in [0.2, 0.25) is 11.6 Å². The minimum atomic E-state index is -0.311. The molecule has 2 nitrogen and oxygen atoms in total. The Morgan fingerprint density at radius 2 is 1.37 bits per heavy atom. The van der Waals surface area contributed by atoms with Crippen LogP contribution in [0.25, 0.3) is 0 Å². The van der Waals surface area contributed by atoms with Gasteiger partial charge in [0.15, 0.2) is 0 Å². The summed E-state index contributed by atoms with van der Waals surface area (Å²) < 4.78 is 0. The van der Waals surface area contributed by atoms with Gasteiger partial charge in [-0.2, -0.15) is 0 Å². The van der Waals surface area contributed by atoms with Crippen molar-refractivity contribution in [1.29, 1.82) is 0 Å². The maximum absolute atomic E-state index is 12.4. The van der Waals surface area contributed by atoms with Crippen molar-refractivity contribution in [3.8, 4) is 0 Å². The standard InChI is InChI=1S/C17H30O2/c1-10-13(17(7,8)9)15(19)14(18)11(2)12(3)16(4,5)6/h13H,10H2,1-9H3/b12-11+. The molecule has 0 fully saturated rings. The van der Waals surface area contributed by atoms with E-state index in [1.165, 1.54) is 0 Å². The summed E-state index contributed by atoms with van der Waals surface area (Å²) in [4.78, 5) is 24.8. The van der Waals surface area contributed by atoms with E-state index in [4.69, 9.17) is 0 Å². The van der Waals surface area contributed by atoms with Crippen LogP contribution in [0.1, 0.15) is 68.7 Å². The number of allylic oxidation sites excluding steroid dienone is 2. The first kappa shape index (κ1) is 18.1. The molecule has 1 unspecified atom stereocenters. The van der Waals surface area contributed by atoms with Gasteiger partial charge in [-0.1, -0.05) is 54.0 Å². The summed E-state index contributed by atoms with van der Waals surface area (Å²) in [6, 6.07) is 0. The Morgan fingerprint density at radius 1 is 0.947 bits per heavy atom. The lowest BCUT2D eigenvalue weighted by molar-refractivity contribution is -0.139. The van der Waals surface area contributed by atoms with E-state index in [1.54, 1.807) is 6.92 Å². The van der Waals surface area contributed by atoms with Crippen molar-refractivity contribution in [2.45, 2.75) is 68.7 Å². The molecule has 0 rings (SSSR count). The molecule has 0 N–H and O–H groups in total. The van der Waals surface area contributed by atoms with Crippen LogP contribution in [0, 0.1) is 16.7 Å². The first-order valence-corrected chi connectivity index (χ1v) is 7.10. The van der Waals surface area contributed by atoms with Crippen LogP contribution in [-0.2, 0) is 9.59 Å². The fourth-order valence-electron chi connectivity index (χ4n) is 2.27. The lowest BCUT2D eigenvalue weighted by Crippen LogP contribution is -2.34. The average molecular weight is 266 g/mol. The highest BCUT2D eigenvalue weighted by atomic mass is 16.2. The topological polar surface area (TPSA) is 34.1 Å². The molecule has 0 heterocycles. The van der Waals surface area contributed by atoms with Gasteiger partial charge >= 0.3 is 0 Å². The molecule has 0 radical (unpaired) electrons. The highest BCUT2D eigenvalue weighted by Gasteiger charge is 2.34. The summed E-state index contributed by atoms with van der Waals surface area (Å²) in [7, 11) is 0. The van der Waals surface area contributed by atoms with E-state index in [2.05, 4.69) is 20.8 Å². The smallest absolute Gasteiger partial charge is 0.224 e. The van der Waals surface area contributed by atoms with Gasteiger partial charge in [0.25, 0.3) is 0 Å². The highest BCUT2D eigenvalue weighted by molar-refractivity contribution is 6.44. The van der Waals surface area contributed by atoms with Crippen molar-refractivity contribution in [3.05, 3.63) is 11.1 Å². The molecule has 110 valence electrons. The highest BCUT2D eigenvalue weighted by Crippen LogP contribution is 2.32. The summed E-state index contributed by atoms with van der Waals surface area (Å²) in [5, 5.41) is 0. The predicted octanol–water partition coefficient (Wildman–Crippen LogP) is 4.58. The zero-order valence-electron chi connectivity index (χ0n) is 14.1. The number of rotatable bonds is 4. The fraction of sp³-hybridized carbons (Fsp3) is 0.765. The van der Waals surface area contributed by atoms with Crippen LogP contribution in [-0.4, -0.2) is 11.6 Å². The molecule has 0 aliphatic heterocycles. The molecule has 2 heteroatoms. The summed E-state index contributed by atoms with van der Waals surface area (Å²) in [5.41, 5.74) is 1.36. The van der Waals surface area contributed by atoms with Crippen LogP contribution < -0.4 is 0 Å². The van der Waals surface area contributed by atoms with Gasteiger partial charge in [-0.15, -0.1) is 0 Å². The Hall–Kier alpha value is -0.920. The summed E-state index contributed by atoms with van der Waals surface area (Å²) in [6.07, 6.45) is 0.704. The van der Waals surface area contributed by atoms with E-state index in [9.17, 15) is 9.59 Å². The maximum atomic E-state index is 12.4. The Kier molecular flexibility index (Phi) is 5.73. The molecule has 1 atom stereocenters. The van der Waals surface area contributed by atoms with Crippen molar-refractivity contribution in [3.63, 3.8) is 0 Å². The average Bonchev–Trinajstić information content (AvgIpc) is 2.23. The molecular formula is C17H30O2. The second-order valence-electron chi connectivity index (χ2n) is 7.52. The Labute approximate surface area is 118 Å². The molecule has 0 spiro atoms. The van der Waals surface area contributed by atoms with Crippen LogP contribution in [0.3, 0.4) is 0 Å². The van der Waals surface area contributed by atoms with Gasteiger partial charge < -0.3 is 0 Å². The molecule has 0 saturated heterocycles. The third kappa shape index (κ3) is 4.59. The van der Waals surface area contributed by atoms with Gasteiger partial charge in [0.1, 0.15) is 0 Å². The molecule has 0 amide bonds. The van der Waals surface area contributed by atoms with Crippen LogP contribution in [0.5, 0.6) is 0 Å². The number of carbonyl (C=O) groups excluding carboxylic acids is 2. The first-order valence-electron chi connectivity index (χ1n) is 7.10. The molecule has 0 saturated carbocycles. The lowest BCUT2D eigenvalue weighted by atomic mass is 9.74. The van der Waals surface area contributed by atoms with Gasteiger partial charge in [0, 0.05) is 5.92 Å². The lowest BCUT2D eigenvalue weighted by Gasteiger charge is -2.28. The summed E-state index contributed by atoms with van der Waals surface area (Å²) >= 11 is 0. The molecule has 0 aliphatic rings. The Bertz CT molecular complexity index is 386. The number of Topliss-reactive ketones (excluding diaryl/α,β-unsaturated/α-hetero) is 2. The summed E-state index contributed by atoms with van der Waals surface area (Å²) in [5.74, 6) is -0.756. The SMILES string of the molecule is CCC(C(=O)C(=O)/C(C)=C(\C)C(C)(C)C)C(C)(C)C. The third-order valence-electron chi connectivity index (χ3n) is 4.02. The second kappa shape index (κ2) is 6.02. The fourth-order valence-corrected chi connectivity index (χ4v) is 2.27. The third-order valence-corrected chi connectivity index (χ3v) is 4.02. The minimum Gasteiger partial charge on any atom is -0.290 e. The van der Waals surface area contributed by atoms with E-state index in [-0.39, 0.29) is 28.3 Å². The van der Waals surface area contributed by atoms with Crippen LogP contribution in [0.2, 0.25) is 0 Å². The largest absolute Gasteiger partial charge is 0.290 e. The van der Waals surface area contributed by atoms with Crippen LogP contribution in [0.15, 0.2) is 11.1 Å². The van der Waals surface area contributed by atoms with Crippen molar-refractivity contribution >= 4 is 11.6 Å². The molecule has 0 bridgehead atoms. The first-order chi connectivity index (χ1) is 8.34. The van der Waals surface area contributed by atoms with Crippen molar-refractivity contribution in [1.82, 2.24) is 0 Å². The molecule has 0 aromatic heterocycles. The molecular weight excluding hydrogens is 236 g/mol. The zero-order valence-corrected chi connectivity index (χ0v) is 14.1. The minimum absolute atomic E-state index is 0.0799. The zero-order chi connectivity index (χ0) is 15.6. The van der Waals surface area contributed by atoms with Crippen molar-refractivity contribution < 1.29 is 9.59 Å². The van der Waals surface area contributed by atoms with Crippen molar-refractivity contribution in [2.75, 3.05) is 0 Å². The molecule has 19 heavy (non-hydrogen) atoms. The Balaban J connectivity index is 5.40. The number of hydrogen-bond acceptors (Lipinski definition) is 2. The van der Waals surface area contributed by atoms with Gasteiger partial charge in [-0.25, -0.2) is 0 Å². The van der Waals surface area contributed by atoms with Gasteiger partial charge in [0.05, 0.1) is 0 Å². The van der Waals surface area contributed by atoms with Crippen molar-refractivity contribution in [2.24, 2.45) is 16.7 Å².